The Bertz CT molecular complexity index is 1420. The molecule has 2 saturated heterocycles. The highest BCUT2D eigenvalue weighted by atomic mass is 19.4. The van der Waals surface area contributed by atoms with E-state index in [4.69, 9.17) is 0 Å². The number of pyridine rings is 1. The van der Waals surface area contributed by atoms with E-state index in [9.17, 15) is 22.8 Å². The number of rotatable bonds is 6. The van der Waals surface area contributed by atoms with Gasteiger partial charge >= 0.3 is 6.18 Å². The summed E-state index contributed by atoms with van der Waals surface area (Å²) in [6.45, 7) is 3.13. The first-order valence-electron chi connectivity index (χ1n) is 13.0. The Morgan fingerprint density at radius 2 is 1.92 bits per heavy atom. The molecule has 0 unspecified atom stereocenters. The monoisotopic (exact) mass is 539 g/mol. The van der Waals surface area contributed by atoms with E-state index in [0.717, 1.165) is 36.5 Å². The number of hydrogen-bond donors (Lipinski definition) is 2. The van der Waals surface area contributed by atoms with Crippen molar-refractivity contribution in [2.75, 3.05) is 38.0 Å². The first-order valence-corrected chi connectivity index (χ1v) is 13.0. The Balaban J connectivity index is 1.12. The zero-order valence-corrected chi connectivity index (χ0v) is 21.1. The second-order valence-corrected chi connectivity index (χ2v) is 10.2. The maximum Gasteiger partial charge on any atom is 0.389 e. The normalized spacial score (nSPS) is 20.9. The minimum absolute atomic E-state index is 0.0367. The van der Waals surface area contributed by atoms with Crippen molar-refractivity contribution >= 4 is 34.7 Å². The van der Waals surface area contributed by atoms with Crippen LogP contribution in [0.4, 0.5) is 24.8 Å². The quantitative estimate of drug-likeness (QED) is 0.498. The van der Waals surface area contributed by atoms with E-state index in [0.29, 0.717) is 42.1 Å². The van der Waals surface area contributed by atoms with Crippen molar-refractivity contribution in [1.29, 1.82) is 0 Å². The van der Waals surface area contributed by atoms with Crippen LogP contribution in [0.1, 0.15) is 35.2 Å². The highest BCUT2D eigenvalue weighted by Crippen LogP contribution is 2.29. The predicted octanol–water partition coefficient (Wildman–Crippen LogP) is 3.47. The lowest BCUT2D eigenvalue weighted by Gasteiger charge is -2.29. The molecular formula is C27H28F3N7O2. The number of carbonyl (C=O) groups is 2. The van der Waals surface area contributed by atoms with Crippen LogP contribution in [0.5, 0.6) is 0 Å². The predicted molar refractivity (Wildman–Crippen MR) is 138 cm³/mol. The zero-order valence-electron chi connectivity index (χ0n) is 21.1. The molecule has 3 aliphatic heterocycles. The topological polar surface area (TPSA) is 94.9 Å². The van der Waals surface area contributed by atoms with Gasteiger partial charge in [0.05, 0.1) is 6.42 Å². The summed E-state index contributed by atoms with van der Waals surface area (Å²) in [5.74, 6) is 0.501. The van der Waals surface area contributed by atoms with E-state index in [1.165, 1.54) is 4.90 Å². The molecule has 3 aromatic rings. The Hall–Kier alpha value is -3.93. The molecule has 2 aromatic heterocycles. The summed E-state index contributed by atoms with van der Waals surface area (Å²) in [5.41, 5.74) is 3.84. The summed E-state index contributed by atoms with van der Waals surface area (Å²) in [5, 5.41) is 11.1. The molecule has 12 heteroatoms. The van der Waals surface area contributed by atoms with Gasteiger partial charge in [0.2, 0.25) is 11.9 Å². The van der Waals surface area contributed by atoms with E-state index >= 15 is 0 Å². The minimum atomic E-state index is -4.34. The number of alkyl halides is 3. The minimum Gasteiger partial charge on any atom is -0.339 e. The summed E-state index contributed by atoms with van der Waals surface area (Å²) < 4.78 is 39.1. The number of aromatic nitrogens is 3. The second-order valence-electron chi connectivity index (χ2n) is 10.2. The molecule has 39 heavy (non-hydrogen) atoms. The molecule has 9 nitrogen and oxygen atoms in total. The van der Waals surface area contributed by atoms with Crippen molar-refractivity contribution in [1.82, 2.24) is 29.7 Å². The number of amides is 2. The summed E-state index contributed by atoms with van der Waals surface area (Å²) in [6.07, 6.45) is -1.82. The van der Waals surface area contributed by atoms with E-state index < -0.39 is 24.9 Å². The van der Waals surface area contributed by atoms with E-state index in [-0.39, 0.29) is 12.5 Å². The molecule has 2 N–H and O–H groups in total. The van der Waals surface area contributed by atoms with Crippen LogP contribution in [0.2, 0.25) is 0 Å². The number of nitrogens with zero attached hydrogens (tertiary/aromatic N) is 5. The van der Waals surface area contributed by atoms with Crippen LogP contribution in [0.25, 0.3) is 11.2 Å². The maximum absolute atomic E-state index is 12.8. The number of benzene rings is 1. The lowest BCUT2D eigenvalue weighted by Crippen LogP contribution is -2.51. The largest absolute Gasteiger partial charge is 0.389 e. The third-order valence-corrected chi connectivity index (χ3v) is 7.65. The van der Waals surface area contributed by atoms with Crippen LogP contribution in [-0.4, -0.2) is 81.2 Å². The fraction of sp³-hybridized carbons (Fsp3) is 0.407. The molecular weight excluding hydrogens is 511 g/mol. The van der Waals surface area contributed by atoms with Crippen molar-refractivity contribution in [3.63, 3.8) is 0 Å². The van der Waals surface area contributed by atoms with E-state index in [1.54, 1.807) is 22.8 Å². The molecule has 0 radical (unpaired) electrons. The van der Waals surface area contributed by atoms with Crippen molar-refractivity contribution in [3.8, 4) is 0 Å². The third kappa shape index (κ3) is 5.33. The highest BCUT2D eigenvalue weighted by Gasteiger charge is 2.41. The first-order chi connectivity index (χ1) is 18.7. The van der Waals surface area contributed by atoms with E-state index in [1.807, 2.05) is 35.2 Å². The van der Waals surface area contributed by atoms with Gasteiger partial charge in [-0.1, -0.05) is 6.08 Å². The van der Waals surface area contributed by atoms with Gasteiger partial charge in [0.1, 0.15) is 0 Å². The van der Waals surface area contributed by atoms with Gasteiger partial charge in [-0.05, 0) is 48.4 Å². The van der Waals surface area contributed by atoms with Crippen molar-refractivity contribution in [2.24, 2.45) is 5.92 Å². The first kappa shape index (κ1) is 25.4. The molecule has 0 saturated carbocycles. The van der Waals surface area contributed by atoms with E-state index in [2.05, 4.69) is 20.7 Å². The van der Waals surface area contributed by atoms with Gasteiger partial charge in [0.15, 0.2) is 5.65 Å². The maximum atomic E-state index is 12.8. The SMILES string of the molecule is O=C(CCC(F)(F)F)N1CC=C(c2cccn3nc(Nc4ccc(C(=O)N5C[C@H]6CN[C@H]6C5)cc4)nc23)CC1. The fourth-order valence-corrected chi connectivity index (χ4v) is 5.38. The van der Waals surface area contributed by atoms with Gasteiger partial charge in [-0.3, -0.25) is 9.59 Å². The lowest BCUT2D eigenvalue weighted by molar-refractivity contribution is -0.148. The Kier molecular flexibility index (Phi) is 6.49. The second kappa shape index (κ2) is 9.99. The van der Waals surface area contributed by atoms with Gasteiger partial charge in [-0.25, -0.2) is 4.52 Å². The number of nitrogens with one attached hydrogen (secondary N) is 2. The van der Waals surface area contributed by atoms with Gasteiger partial charge in [0.25, 0.3) is 5.91 Å². The lowest BCUT2D eigenvalue weighted by atomic mass is 9.96. The van der Waals surface area contributed by atoms with Crippen LogP contribution in [0.15, 0.2) is 48.7 Å². The van der Waals surface area contributed by atoms with Gasteiger partial charge < -0.3 is 20.4 Å². The Labute approximate surface area is 222 Å². The number of halogens is 3. The van der Waals surface area contributed by atoms with Crippen LogP contribution >= 0.6 is 0 Å². The number of anilines is 2. The Morgan fingerprint density at radius 3 is 2.56 bits per heavy atom. The van der Waals surface area contributed by atoms with Crippen LogP contribution < -0.4 is 10.6 Å². The molecule has 3 aliphatic rings. The molecule has 2 fully saturated rings. The molecule has 6 rings (SSSR count). The highest BCUT2D eigenvalue weighted by molar-refractivity contribution is 5.95. The van der Waals surface area contributed by atoms with Crippen LogP contribution in [-0.2, 0) is 4.79 Å². The summed E-state index contributed by atoms with van der Waals surface area (Å²) in [7, 11) is 0. The van der Waals surface area contributed by atoms with Crippen molar-refractivity contribution < 1.29 is 22.8 Å². The molecule has 2 amide bonds. The molecule has 204 valence electrons. The van der Waals surface area contributed by atoms with Gasteiger partial charge in [-0.2, -0.15) is 18.2 Å². The summed E-state index contributed by atoms with van der Waals surface area (Å²) >= 11 is 0. The summed E-state index contributed by atoms with van der Waals surface area (Å²) in [4.78, 5) is 33.0. The molecule has 0 aliphatic carbocycles. The molecule has 1 aromatic carbocycles. The molecule has 0 bridgehead atoms. The standard InChI is InChI=1S/C27H28F3N7O2/c28-27(29,30)10-7-23(38)35-12-8-17(9-13-35)21-2-1-11-37-24(21)33-26(34-37)32-20-5-3-18(4-6-20)25(39)36-15-19-14-31-22(19)16-36/h1-6,8,11,19,22,31H,7,9-10,12-16H2,(H,32,34)/t19-,22+/m1/s1. The average Bonchev–Trinajstić information content (AvgIpc) is 3.46. The number of fused-ring (bicyclic) bond motifs is 2. The number of hydrogen-bond acceptors (Lipinski definition) is 6. The number of likely N-dealkylation sites (tertiary alicyclic amines) is 1. The van der Waals surface area contributed by atoms with Crippen LogP contribution in [0, 0.1) is 5.92 Å². The molecule has 2 atom stereocenters. The molecule has 0 spiro atoms. The smallest absolute Gasteiger partial charge is 0.339 e. The average molecular weight is 540 g/mol. The fourth-order valence-electron chi connectivity index (χ4n) is 5.38. The van der Waals surface area contributed by atoms with Gasteiger partial charge in [-0.15, -0.1) is 5.10 Å². The third-order valence-electron chi connectivity index (χ3n) is 7.65. The Morgan fingerprint density at radius 1 is 1.10 bits per heavy atom. The zero-order chi connectivity index (χ0) is 27.1. The van der Waals surface area contributed by atoms with Gasteiger partial charge in [0, 0.05) is 74.1 Å². The van der Waals surface area contributed by atoms with Crippen molar-refractivity contribution in [2.45, 2.75) is 31.5 Å². The van der Waals surface area contributed by atoms with Crippen molar-refractivity contribution in [3.05, 3.63) is 59.8 Å². The summed E-state index contributed by atoms with van der Waals surface area (Å²) in [6, 6.07) is 11.5. The van der Waals surface area contributed by atoms with Crippen LogP contribution in [0.3, 0.4) is 0 Å². The molecule has 5 heterocycles. The number of carbonyl (C=O) groups excluding carboxylic acids is 2.